The molecule has 0 saturated carbocycles. The molecule has 1 aromatic rings. The van der Waals surface area contributed by atoms with E-state index in [-0.39, 0.29) is 0 Å². The SMILES string of the molecule is CC(C)c1cc(C(C)C)c(C(C)C)cc1Br. The van der Waals surface area contributed by atoms with Crippen LogP contribution in [0.4, 0.5) is 0 Å². The van der Waals surface area contributed by atoms with Gasteiger partial charge in [0.1, 0.15) is 0 Å². The van der Waals surface area contributed by atoms with E-state index < -0.39 is 0 Å². The fraction of sp³-hybridized carbons (Fsp3) is 0.600. The monoisotopic (exact) mass is 282 g/mol. The Morgan fingerprint density at radius 2 is 1.06 bits per heavy atom. The van der Waals surface area contributed by atoms with Crippen molar-refractivity contribution in [1.82, 2.24) is 0 Å². The van der Waals surface area contributed by atoms with Crippen LogP contribution in [0.5, 0.6) is 0 Å². The van der Waals surface area contributed by atoms with Crippen LogP contribution in [-0.4, -0.2) is 0 Å². The van der Waals surface area contributed by atoms with Gasteiger partial charge < -0.3 is 0 Å². The third kappa shape index (κ3) is 2.88. The third-order valence-corrected chi connectivity index (χ3v) is 3.76. The van der Waals surface area contributed by atoms with Crippen LogP contribution in [0.2, 0.25) is 0 Å². The molecular formula is C15H23Br. The van der Waals surface area contributed by atoms with Crippen LogP contribution in [0, 0.1) is 0 Å². The predicted molar refractivity (Wildman–Crippen MR) is 76.4 cm³/mol. The smallest absolute Gasteiger partial charge is 0.0212 e. The molecule has 0 atom stereocenters. The van der Waals surface area contributed by atoms with Gasteiger partial charge in [-0.05, 0) is 40.5 Å². The summed E-state index contributed by atoms with van der Waals surface area (Å²) in [5, 5.41) is 0. The average Bonchev–Trinajstić information content (AvgIpc) is 2.15. The zero-order valence-corrected chi connectivity index (χ0v) is 12.9. The molecule has 0 aliphatic carbocycles. The van der Waals surface area contributed by atoms with Gasteiger partial charge >= 0.3 is 0 Å². The molecule has 0 radical (unpaired) electrons. The maximum atomic E-state index is 3.70. The highest BCUT2D eigenvalue weighted by molar-refractivity contribution is 9.10. The highest BCUT2D eigenvalue weighted by Crippen LogP contribution is 2.34. The highest BCUT2D eigenvalue weighted by atomic mass is 79.9. The van der Waals surface area contributed by atoms with E-state index in [0.717, 1.165) is 0 Å². The average molecular weight is 283 g/mol. The Balaban J connectivity index is 3.37. The molecule has 0 fully saturated rings. The van der Waals surface area contributed by atoms with Gasteiger partial charge in [-0.3, -0.25) is 0 Å². The van der Waals surface area contributed by atoms with Gasteiger partial charge in [0.05, 0.1) is 0 Å². The second kappa shape index (κ2) is 5.35. The molecule has 0 saturated heterocycles. The Hall–Kier alpha value is -0.300. The van der Waals surface area contributed by atoms with Crippen LogP contribution >= 0.6 is 15.9 Å². The summed E-state index contributed by atoms with van der Waals surface area (Å²) in [6.45, 7) is 13.6. The van der Waals surface area contributed by atoms with Crippen LogP contribution in [0.25, 0.3) is 0 Å². The predicted octanol–water partition coefficient (Wildman–Crippen LogP) is 5.82. The molecule has 1 heteroatoms. The van der Waals surface area contributed by atoms with Crippen molar-refractivity contribution in [3.8, 4) is 0 Å². The molecule has 0 nitrogen and oxygen atoms in total. The molecule has 0 unspecified atom stereocenters. The standard InChI is InChI=1S/C15H23Br/c1-9(2)12-7-14(11(5)6)15(16)8-13(12)10(3)4/h7-11H,1-6H3. The van der Waals surface area contributed by atoms with Crippen molar-refractivity contribution >= 4 is 15.9 Å². The molecular weight excluding hydrogens is 260 g/mol. The van der Waals surface area contributed by atoms with Crippen LogP contribution < -0.4 is 0 Å². The first kappa shape index (κ1) is 13.8. The van der Waals surface area contributed by atoms with Crippen molar-refractivity contribution in [1.29, 1.82) is 0 Å². The van der Waals surface area contributed by atoms with Crippen molar-refractivity contribution in [2.24, 2.45) is 0 Å². The maximum absolute atomic E-state index is 3.70. The zero-order chi connectivity index (χ0) is 12.5. The van der Waals surface area contributed by atoms with E-state index in [1.54, 1.807) is 0 Å². The molecule has 0 aliphatic heterocycles. The first-order valence-electron chi connectivity index (χ1n) is 6.17. The first-order chi connectivity index (χ1) is 7.34. The molecule has 16 heavy (non-hydrogen) atoms. The molecule has 0 aliphatic rings. The van der Waals surface area contributed by atoms with E-state index in [9.17, 15) is 0 Å². The summed E-state index contributed by atoms with van der Waals surface area (Å²) < 4.78 is 1.26. The third-order valence-electron chi connectivity index (χ3n) is 3.07. The van der Waals surface area contributed by atoms with Crippen LogP contribution in [-0.2, 0) is 0 Å². The van der Waals surface area contributed by atoms with E-state index in [2.05, 4.69) is 69.6 Å². The largest absolute Gasteiger partial charge is 0.0587 e. The number of rotatable bonds is 3. The lowest BCUT2D eigenvalue weighted by Gasteiger charge is -2.20. The number of benzene rings is 1. The van der Waals surface area contributed by atoms with Gasteiger partial charge in [0.15, 0.2) is 0 Å². The van der Waals surface area contributed by atoms with E-state index in [1.165, 1.54) is 21.2 Å². The lowest BCUT2D eigenvalue weighted by Crippen LogP contribution is -2.02. The van der Waals surface area contributed by atoms with E-state index in [0.29, 0.717) is 17.8 Å². The summed E-state index contributed by atoms with van der Waals surface area (Å²) in [5.41, 5.74) is 4.40. The van der Waals surface area contributed by atoms with Gasteiger partial charge in [-0.15, -0.1) is 0 Å². The molecule has 90 valence electrons. The summed E-state index contributed by atoms with van der Waals surface area (Å²) in [5.74, 6) is 1.77. The lowest BCUT2D eigenvalue weighted by molar-refractivity contribution is 0.775. The van der Waals surface area contributed by atoms with Gasteiger partial charge in [0.2, 0.25) is 0 Å². The molecule has 0 heterocycles. The van der Waals surface area contributed by atoms with E-state index in [1.807, 2.05) is 0 Å². The van der Waals surface area contributed by atoms with Gasteiger partial charge in [0, 0.05) is 4.47 Å². The number of hydrogen-bond donors (Lipinski definition) is 0. The van der Waals surface area contributed by atoms with E-state index >= 15 is 0 Å². The van der Waals surface area contributed by atoms with Crippen LogP contribution in [0.3, 0.4) is 0 Å². The summed E-state index contributed by atoms with van der Waals surface area (Å²) >= 11 is 3.70. The summed E-state index contributed by atoms with van der Waals surface area (Å²) in [6, 6.07) is 4.70. The molecule has 0 spiro atoms. The van der Waals surface area contributed by atoms with E-state index in [4.69, 9.17) is 0 Å². The fourth-order valence-electron chi connectivity index (χ4n) is 2.07. The maximum Gasteiger partial charge on any atom is 0.0212 e. The minimum Gasteiger partial charge on any atom is -0.0587 e. The normalized spacial score (nSPS) is 11.9. The summed E-state index contributed by atoms with van der Waals surface area (Å²) in [7, 11) is 0. The minimum absolute atomic E-state index is 0.577. The zero-order valence-electron chi connectivity index (χ0n) is 11.3. The fourth-order valence-corrected chi connectivity index (χ4v) is 2.88. The van der Waals surface area contributed by atoms with Crippen molar-refractivity contribution in [3.05, 3.63) is 33.3 Å². The Kier molecular flexibility index (Phi) is 4.61. The molecule has 1 aromatic carbocycles. The molecule has 0 amide bonds. The second-order valence-corrected chi connectivity index (χ2v) is 6.32. The quantitative estimate of drug-likeness (QED) is 0.655. The summed E-state index contributed by atoms with van der Waals surface area (Å²) in [6.07, 6.45) is 0. The number of halogens is 1. The van der Waals surface area contributed by atoms with Crippen LogP contribution in [0.15, 0.2) is 16.6 Å². The molecule has 0 N–H and O–H groups in total. The molecule has 1 rings (SSSR count). The summed E-state index contributed by atoms with van der Waals surface area (Å²) in [4.78, 5) is 0. The molecule has 0 aromatic heterocycles. The first-order valence-corrected chi connectivity index (χ1v) is 6.97. The Labute approximate surface area is 109 Å². The Morgan fingerprint density at radius 3 is 1.44 bits per heavy atom. The van der Waals surface area contributed by atoms with Crippen LogP contribution in [0.1, 0.15) is 76.0 Å². The topological polar surface area (TPSA) is 0 Å². The lowest BCUT2D eigenvalue weighted by atomic mass is 9.87. The minimum atomic E-state index is 0.577. The Morgan fingerprint density at radius 1 is 0.688 bits per heavy atom. The van der Waals surface area contributed by atoms with Gasteiger partial charge in [0.25, 0.3) is 0 Å². The Bertz CT molecular complexity index is 362. The second-order valence-electron chi connectivity index (χ2n) is 5.47. The van der Waals surface area contributed by atoms with Gasteiger partial charge in [-0.2, -0.15) is 0 Å². The van der Waals surface area contributed by atoms with Crippen molar-refractivity contribution < 1.29 is 0 Å². The van der Waals surface area contributed by atoms with Gasteiger partial charge in [-0.1, -0.05) is 63.5 Å². The van der Waals surface area contributed by atoms with Crippen molar-refractivity contribution in [2.75, 3.05) is 0 Å². The molecule has 0 bridgehead atoms. The van der Waals surface area contributed by atoms with Crippen molar-refractivity contribution in [2.45, 2.75) is 59.3 Å². The number of hydrogen-bond acceptors (Lipinski definition) is 0. The highest BCUT2D eigenvalue weighted by Gasteiger charge is 2.14. The van der Waals surface area contributed by atoms with Crippen molar-refractivity contribution in [3.63, 3.8) is 0 Å². The van der Waals surface area contributed by atoms with Gasteiger partial charge in [-0.25, -0.2) is 0 Å².